The van der Waals surface area contributed by atoms with Gasteiger partial charge in [0.25, 0.3) is 0 Å². The summed E-state index contributed by atoms with van der Waals surface area (Å²) in [5, 5.41) is 12.8. The van der Waals surface area contributed by atoms with E-state index >= 15 is 0 Å². The molecule has 7 nitrogen and oxygen atoms in total. The van der Waals surface area contributed by atoms with Crippen LogP contribution in [0.1, 0.15) is 10.5 Å². The number of carbonyl (C=O) groups is 1. The molecule has 0 unspecified atom stereocenters. The molecule has 0 aromatic carbocycles. The number of nitrogens with two attached hydrogens (primary N) is 1. The lowest BCUT2D eigenvalue weighted by Gasteiger charge is -2.00. The van der Waals surface area contributed by atoms with E-state index < -0.39 is 12.6 Å². The number of halogens is 1. The zero-order valence-electron chi connectivity index (χ0n) is 8.59. The molecule has 88 valence electrons. The van der Waals surface area contributed by atoms with Crippen molar-refractivity contribution in [2.45, 2.75) is 0 Å². The zero-order chi connectivity index (χ0) is 12.6. The van der Waals surface area contributed by atoms with Crippen LogP contribution in [0.15, 0.2) is 12.9 Å². The van der Waals surface area contributed by atoms with E-state index in [1.807, 2.05) is 0 Å². The van der Waals surface area contributed by atoms with Crippen molar-refractivity contribution in [1.29, 1.82) is 0 Å². The first-order chi connectivity index (χ1) is 8.06. The summed E-state index contributed by atoms with van der Waals surface area (Å²) in [4.78, 5) is 18.5. The Morgan fingerprint density at radius 1 is 1.59 bits per heavy atom. The summed E-state index contributed by atoms with van der Waals surface area (Å²) in [5.41, 5.74) is 5.33. The lowest BCUT2D eigenvalue weighted by atomic mass is 10.3. The van der Waals surface area contributed by atoms with E-state index in [9.17, 15) is 9.18 Å². The van der Waals surface area contributed by atoms with E-state index in [0.29, 0.717) is 0 Å². The molecule has 0 aliphatic carbocycles. The average Bonchev–Trinajstić information content (AvgIpc) is 2.69. The Kier molecular flexibility index (Phi) is 2.47. The van der Waals surface area contributed by atoms with Crippen LogP contribution < -0.4 is 5.73 Å². The van der Waals surface area contributed by atoms with Crippen LogP contribution in [0.4, 0.5) is 10.2 Å². The Labute approximate surface area is 94.4 Å². The largest absolute Gasteiger partial charge is 0.476 e. The normalized spacial score (nSPS) is 10.6. The monoisotopic (exact) mass is 237 g/mol. The van der Waals surface area contributed by atoms with Crippen LogP contribution in [0.3, 0.4) is 0 Å². The molecule has 0 radical (unpaired) electrons. The summed E-state index contributed by atoms with van der Waals surface area (Å²) in [7, 11) is 0. The van der Waals surface area contributed by atoms with Gasteiger partial charge in [0.1, 0.15) is 18.8 Å². The van der Waals surface area contributed by atoms with Gasteiger partial charge in [-0.05, 0) is 0 Å². The number of allylic oxidation sites excluding steroid dienone is 1. The number of hydrogen-bond donors (Lipinski definition) is 2. The van der Waals surface area contributed by atoms with Gasteiger partial charge < -0.3 is 10.8 Å². The van der Waals surface area contributed by atoms with Gasteiger partial charge in [-0.2, -0.15) is 5.10 Å². The molecule has 0 aliphatic heterocycles. The average molecular weight is 237 g/mol. The van der Waals surface area contributed by atoms with Crippen LogP contribution in [-0.2, 0) is 0 Å². The third-order valence-electron chi connectivity index (χ3n) is 2.15. The van der Waals surface area contributed by atoms with E-state index in [1.54, 1.807) is 0 Å². The van der Waals surface area contributed by atoms with Crippen molar-refractivity contribution in [3.8, 4) is 0 Å². The Balaban J connectivity index is 2.85. The summed E-state index contributed by atoms with van der Waals surface area (Å²) in [6.45, 7) is 2.55. The van der Waals surface area contributed by atoms with Gasteiger partial charge in [-0.25, -0.2) is 23.8 Å². The molecular weight excluding hydrogens is 229 g/mol. The van der Waals surface area contributed by atoms with Gasteiger partial charge in [0.05, 0.1) is 11.1 Å². The van der Waals surface area contributed by atoms with E-state index in [0.717, 1.165) is 11.0 Å². The fraction of sp³-hybridized carbons (Fsp3) is 0.111. The molecule has 0 aliphatic rings. The second kappa shape index (κ2) is 3.81. The molecule has 17 heavy (non-hydrogen) atoms. The maximum absolute atomic E-state index is 12.5. The quantitative estimate of drug-likeness (QED) is 0.807. The molecular formula is C9H8FN5O2. The summed E-state index contributed by atoms with van der Waals surface area (Å²) < 4.78 is 13.5. The van der Waals surface area contributed by atoms with Crippen molar-refractivity contribution in [2.75, 3.05) is 12.4 Å². The highest BCUT2D eigenvalue weighted by Crippen LogP contribution is 2.23. The number of carboxylic acid groups (broad SMARTS) is 1. The first kappa shape index (κ1) is 11.0. The molecule has 2 heterocycles. The third-order valence-corrected chi connectivity index (χ3v) is 2.15. The number of hydrogen-bond acceptors (Lipinski definition) is 5. The topological polar surface area (TPSA) is 107 Å². The smallest absolute Gasteiger partial charge is 0.357 e. The molecule has 0 bridgehead atoms. The summed E-state index contributed by atoms with van der Waals surface area (Å²) in [6.07, 6.45) is 1.15. The minimum absolute atomic E-state index is 0.0229. The Bertz CT molecular complexity index is 621. The van der Waals surface area contributed by atoms with Gasteiger partial charge in [0.15, 0.2) is 11.3 Å². The molecule has 3 N–H and O–H groups in total. The Hall–Kier alpha value is -2.51. The SMILES string of the molecule is C=C(CF)n1nc(C(=O)O)c2c(N)ncnc21. The highest BCUT2D eigenvalue weighted by Gasteiger charge is 2.21. The standard InChI is InChI=1S/C9H8FN5O2/c1-4(2-10)15-8-5(6(14-15)9(16)17)7(11)12-3-13-8/h3H,1-2H2,(H,16,17)(H2,11,12,13). The molecule has 8 heteroatoms. The summed E-state index contributed by atoms with van der Waals surface area (Å²) in [5.74, 6) is -1.31. The number of anilines is 1. The minimum Gasteiger partial charge on any atom is -0.476 e. The van der Waals surface area contributed by atoms with E-state index in [1.165, 1.54) is 0 Å². The van der Waals surface area contributed by atoms with Gasteiger partial charge in [0.2, 0.25) is 0 Å². The molecule has 0 fully saturated rings. The lowest BCUT2D eigenvalue weighted by Crippen LogP contribution is -2.03. The van der Waals surface area contributed by atoms with E-state index in [4.69, 9.17) is 10.8 Å². The molecule has 0 saturated heterocycles. The van der Waals surface area contributed by atoms with E-state index in [2.05, 4.69) is 21.6 Å². The second-order valence-electron chi connectivity index (χ2n) is 3.22. The van der Waals surface area contributed by atoms with Crippen LogP contribution >= 0.6 is 0 Å². The fourth-order valence-corrected chi connectivity index (χ4v) is 1.40. The maximum Gasteiger partial charge on any atom is 0.357 e. The van der Waals surface area contributed by atoms with Crippen molar-refractivity contribution < 1.29 is 14.3 Å². The Morgan fingerprint density at radius 2 is 2.29 bits per heavy atom. The molecule has 0 spiro atoms. The summed E-state index contributed by atoms with van der Waals surface area (Å²) >= 11 is 0. The number of nitrogens with zero attached hydrogens (tertiary/aromatic N) is 4. The van der Waals surface area contributed by atoms with Crippen LogP contribution in [0.25, 0.3) is 16.7 Å². The maximum atomic E-state index is 12.5. The lowest BCUT2D eigenvalue weighted by molar-refractivity contribution is 0.0692. The number of aromatic nitrogens is 4. The molecule has 0 atom stereocenters. The van der Waals surface area contributed by atoms with Crippen molar-refractivity contribution in [2.24, 2.45) is 0 Å². The first-order valence-corrected chi connectivity index (χ1v) is 4.53. The number of rotatable bonds is 3. The highest BCUT2D eigenvalue weighted by molar-refractivity contribution is 6.04. The second-order valence-corrected chi connectivity index (χ2v) is 3.22. The van der Waals surface area contributed by atoms with Gasteiger partial charge in [-0.15, -0.1) is 0 Å². The van der Waals surface area contributed by atoms with Gasteiger partial charge in [-0.1, -0.05) is 6.58 Å². The predicted molar refractivity (Wildman–Crippen MR) is 58.0 cm³/mol. The zero-order valence-corrected chi connectivity index (χ0v) is 8.59. The van der Waals surface area contributed by atoms with E-state index in [-0.39, 0.29) is 28.2 Å². The molecule has 0 saturated carbocycles. The molecule has 2 rings (SSSR count). The van der Waals surface area contributed by atoms with Crippen molar-refractivity contribution in [1.82, 2.24) is 19.7 Å². The first-order valence-electron chi connectivity index (χ1n) is 4.53. The van der Waals surface area contributed by atoms with Gasteiger partial charge in [-0.3, -0.25) is 0 Å². The number of carboxylic acids is 1. The minimum atomic E-state index is -1.29. The Morgan fingerprint density at radius 3 is 2.88 bits per heavy atom. The molecule has 2 aromatic rings. The van der Waals surface area contributed by atoms with Crippen molar-refractivity contribution in [3.63, 3.8) is 0 Å². The molecule has 2 aromatic heterocycles. The van der Waals surface area contributed by atoms with Gasteiger partial charge in [0, 0.05) is 0 Å². The number of fused-ring (bicyclic) bond motifs is 1. The summed E-state index contributed by atoms with van der Waals surface area (Å²) in [6, 6.07) is 0. The van der Waals surface area contributed by atoms with Crippen LogP contribution in [0, 0.1) is 0 Å². The third kappa shape index (κ3) is 1.59. The number of aromatic carboxylic acids is 1. The number of alkyl halides is 1. The highest BCUT2D eigenvalue weighted by atomic mass is 19.1. The van der Waals surface area contributed by atoms with Crippen LogP contribution in [0.5, 0.6) is 0 Å². The fourth-order valence-electron chi connectivity index (χ4n) is 1.40. The predicted octanol–water partition coefficient (Wildman–Crippen LogP) is 0.547. The van der Waals surface area contributed by atoms with Crippen LogP contribution in [-0.4, -0.2) is 37.5 Å². The van der Waals surface area contributed by atoms with Crippen molar-refractivity contribution in [3.05, 3.63) is 18.6 Å². The van der Waals surface area contributed by atoms with Gasteiger partial charge >= 0.3 is 5.97 Å². The van der Waals surface area contributed by atoms with Crippen LogP contribution in [0.2, 0.25) is 0 Å². The molecule has 0 amide bonds. The van der Waals surface area contributed by atoms with Crippen molar-refractivity contribution >= 4 is 28.5 Å². The number of nitrogen functional groups attached to an aromatic ring is 1.